The van der Waals surface area contributed by atoms with Crippen LogP contribution in [0.2, 0.25) is 0 Å². The van der Waals surface area contributed by atoms with Crippen LogP contribution in [-0.4, -0.2) is 42.8 Å². The van der Waals surface area contributed by atoms with E-state index in [9.17, 15) is 4.79 Å². The lowest BCUT2D eigenvalue weighted by Crippen LogP contribution is -2.44. The summed E-state index contributed by atoms with van der Waals surface area (Å²) in [5.41, 5.74) is 0. The van der Waals surface area contributed by atoms with Crippen molar-refractivity contribution in [3.05, 3.63) is 0 Å². The Morgan fingerprint density at radius 2 is 0.955 bits per heavy atom. The number of amides is 1. The van der Waals surface area contributed by atoms with Gasteiger partial charge in [0.05, 0.1) is 12.9 Å². The number of rotatable bonds is 34. The smallest absolute Gasteiger partial charge is 0.222 e. The Kier molecular flexibility index (Phi) is 29.7. The molecular weight excluding hydrogens is 538 g/mol. The zero-order valence-corrected chi connectivity index (χ0v) is 30.4. The molecule has 1 aliphatic heterocycles. The molecule has 0 radical (unpaired) electrons. The molecule has 2 atom stereocenters. The van der Waals surface area contributed by atoms with Crippen LogP contribution in [0.5, 0.6) is 0 Å². The zero-order chi connectivity index (χ0) is 31.8. The van der Waals surface area contributed by atoms with Crippen LogP contribution in [0, 0.1) is 5.92 Å². The third-order valence-corrected chi connectivity index (χ3v) is 10.0. The van der Waals surface area contributed by atoms with Gasteiger partial charge in [0.15, 0.2) is 0 Å². The Balaban J connectivity index is 2.02. The number of hydrogen-bond donors (Lipinski definition) is 1. The maximum atomic E-state index is 12.9. The second-order valence-electron chi connectivity index (χ2n) is 14.3. The summed E-state index contributed by atoms with van der Waals surface area (Å²) < 4.78 is 0. The van der Waals surface area contributed by atoms with Crippen molar-refractivity contribution in [1.82, 2.24) is 10.2 Å². The van der Waals surface area contributed by atoms with Crippen LogP contribution < -0.4 is 5.32 Å². The fourth-order valence-corrected chi connectivity index (χ4v) is 6.80. The quantitative estimate of drug-likeness (QED) is 0.0730. The van der Waals surface area contributed by atoms with Gasteiger partial charge < -0.3 is 10.2 Å². The van der Waals surface area contributed by atoms with Crippen molar-refractivity contribution in [1.29, 1.82) is 0 Å². The third kappa shape index (κ3) is 25.2. The lowest BCUT2D eigenvalue weighted by molar-refractivity contribution is -0.124. The Morgan fingerprint density at radius 1 is 0.591 bits per heavy atom. The van der Waals surface area contributed by atoms with Gasteiger partial charge in [-0.25, -0.2) is 0 Å². The number of nitrogens with zero attached hydrogens (tertiary/aromatic N) is 2. The standard InChI is InChI=1S/C40H79N3O/c1-4-6-8-10-12-14-16-18-19-21-23-25-27-29-31-33-39(43-35-34-41-37-43)36-42-40(44)38(3)32-30-28-26-24-22-20-17-15-13-11-9-7-5-2/h37-39H,4-36H2,1-3H3,(H,42,44). The SMILES string of the molecule is CCCCCCCCCCCCCCCCCC(CNC(=O)C(C)CCCCCCCCCCCCCCC)N1C=NCC1. The predicted molar refractivity (Wildman–Crippen MR) is 196 cm³/mol. The van der Waals surface area contributed by atoms with Crippen molar-refractivity contribution < 1.29 is 4.79 Å². The van der Waals surface area contributed by atoms with Gasteiger partial charge in [-0.2, -0.15) is 0 Å². The topological polar surface area (TPSA) is 44.7 Å². The van der Waals surface area contributed by atoms with E-state index in [2.05, 4.69) is 36.0 Å². The van der Waals surface area contributed by atoms with E-state index in [0.29, 0.717) is 6.04 Å². The maximum absolute atomic E-state index is 12.9. The van der Waals surface area contributed by atoms with E-state index in [1.54, 1.807) is 0 Å². The van der Waals surface area contributed by atoms with Gasteiger partial charge in [0.1, 0.15) is 0 Å². The van der Waals surface area contributed by atoms with Gasteiger partial charge in [-0.05, 0) is 12.8 Å². The van der Waals surface area contributed by atoms with Gasteiger partial charge in [-0.15, -0.1) is 0 Å². The van der Waals surface area contributed by atoms with Gasteiger partial charge in [0, 0.05) is 25.0 Å². The van der Waals surface area contributed by atoms with E-state index in [1.165, 1.54) is 180 Å². The van der Waals surface area contributed by atoms with Crippen LogP contribution in [0.4, 0.5) is 0 Å². The summed E-state index contributed by atoms with van der Waals surface area (Å²) in [5.74, 6) is 0.378. The fraction of sp³-hybridized carbons (Fsp3) is 0.950. The summed E-state index contributed by atoms with van der Waals surface area (Å²) >= 11 is 0. The van der Waals surface area contributed by atoms with E-state index < -0.39 is 0 Å². The van der Waals surface area contributed by atoms with Crippen molar-refractivity contribution in [3.8, 4) is 0 Å². The molecule has 0 saturated carbocycles. The van der Waals surface area contributed by atoms with Crippen molar-refractivity contribution >= 4 is 12.2 Å². The van der Waals surface area contributed by atoms with E-state index in [0.717, 1.165) is 32.5 Å². The molecule has 1 rings (SSSR count). The van der Waals surface area contributed by atoms with E-state index in [4.69, 9.17) is 0 Å². The molecule has 1 N–H and O–H groups in total. The predicted octanol–water partition coefficient (Wildman–Crippen LogP) is 12.2. The number of unbranched alkanes of at least 4 members (excludes halogenated alkanes) is 26. The van der Waals surface area contributed by atoms with E-state index in [1.807, 2.05) is 6.34 Å². The molecule has 1 aliphatic rings. The van der Waals surface area contributed by atoms with Crippen molar-refractivity contribution in [2.24, 2.45) is 10.9 Å². The third-order valence-electron chi connectivity index (χ3n) is 10.0. The second kappa shape index (κ2) is 31.9. The largest absolute Gasteiger partial charge is 0.356 e. The molecule has 0 bridgehead atoms. The highest BCUT2D eigenvalue weighted by Gasteiger charge is 2.20. The number of hydrogen-bond acceptors (Lipinski definition) is 3. The molecule has 1 amide bonds. The number of carbonyl (C=O) groups excluding carboxylic acids is 1. The molecule has 0 aromatic carbocycles. The Morgan fingerprint density at radius 3 is 1.32 bits per heavy atom. The van der Waals surface area contributed by atoms with Gasteiger partial charge in [0.25, 0.3) is 0 Å². The molecule has 1 heterocycles. The van der Waals surface area contributed by atoms with Crippen LogP contribution in [-0.2, 0) is 4.79 Å². The minimum atomic E-state index is 0.126. The normalized spacial score (nSPS) is 14.4. The van der Waals surface area contributed by atoms with Crippen LogP contribution in [0.15, 0.2) is 4.99 Å². The van der Waals surface area contributed by atoms with Crippen molar-refractivity contribution in [2.75, 3.05) is 19.6 Å². The Labute approximate surface area is 276 Å². The monoisotopic (exact) mass is 618 g/mol. The van der Waals surface area contributed by atoms with Crippen LogP contribution >= 0.6 is 0 Å². The first-order valence-electron chi connectivity index (χ1n) is 20.2. The first-order valence-corrected chi connectivity index (χ1v) is 20.2. The zero-order valence-electron chi connectivity index (χ0n) is 30.4. The highest BCUT2D eigenvalue weighted by molar-refractivity contribution is 5.78. The molecule has 4 heteroatoms. The van der Waals surface area contributed by atoms with Gasteiger partial charge >= 0.3 is 0 Å². The summed E-state index contributed by atoms with van der Waals surface area (Å²) in [7, 11) is 0. The highest BCUT2D eigenvalue weighted by atomic mass is 16.1. The molecular formula is C40H79N3O. The highest BCUT2D eigenvalue weighted by Crippen LogP contribution is 2.17. The van der Waals surface area contributed by atoms with Crippen LogP contribution in [0.1, 0.15) is 213 Å². The Hall–Kier alpha value is -1.06. The number of nitrogens with one attached hydrogen (secondary N) is 1. The average Bonchev–Trinajstić information content (AvgIpc) is 3.57. The summed E-state index contributed by atoms with van der Waals surface area (Å²) in [5, 5.41) is 3.32. The first kappa shape index (κ1) is 41.0. The second-order valence-corrected chi connectivity index (χ2v) is 14.3. The molecule has 0 fully saturated rings. The minimum absolute atomic E-state index is 0.126. The molecule has 0 aliphatic carbocycles. The molecule has 0 spiro atoms. The van der Waals surface area contributed by atoms with Gasteiger partial charge in [-0.1, -0.05) is 201 Å². The molecule has 0 aromatic rings. The van der Waals surface area contributed by atoms with E-state index in [-0.39, 0.29) is 11.8 Å². The van der Waals surface area contributed by atoms with Crippen LogP contribution in [0.3, 0.4) is 0 Å². The number of carbonyl (C=O) groups is 1. The molecule has 2 unspecified atom stereocenters. The summed E-state index contributed by atoms with van der Waals surface area (Å²) in [4.78, 5) is 19.7. The van der Waals surface area contributed by atoms with Crippen molar-refractivity contribution in [3.63, 3.8) is 0 Å². The maximum Gasteiger partial charge on any atom is 0.222 e. The lowest BCUT2D eigenvalue weighted by atomic mass is 10.00. The first-order chi connectivity index (χ1) is 21.7. The number of aliphatic imine (C=N–C) groups is 1. The molecule has 0 saturated heterocycles. The molecule has 260 valence electrons. The van der Waals surface area contributed by atoms with Crippen LogP contribution in [0.25, 0.3) is 0 Å². The molecule has 4 nitrogen and oxygen atoms in total. The lowest BCUT2D eigenvalue weighted by Gasteiger charge is -2.27. The van der Waals surface area contributed by atoms with Gasteiger partial charge in [-0.3, -0.25) is 9.79 Å². The van der Waals surface area contributed by atoms with E-state index >= 15 is 0 Å². The summed E-state index contributed by atoms with van der Waals surface area (Å²) in [6.45, 7) is 9.39. The fourth-order valence-electron chi connectivity index (χ4n) is 6.80. The van der Waals surface area contributed by atoms with Gasteiger partial charge in [0.2, 0.25) is 5.91 Å². The Bertz CT molecular complexity index is 636. The molecule has 44 heavy (non-hydrogen) atoms. The summed E-state index contributed by atoms with van der Waals surface area (Å²) in [6.07, 6.45) is 43.2. The molecule has 0 aromatic heterocycles. The van der Waals surface area contributed by atoms with Crippen molar-refractivity contribution in [2.45, 2.75) is 219 Å². The summed E-state index contributed by atoms with van der Waals surface area (Å²) in [6, 6.07) is 0.399. The average molecular weight is 618 g/mol. The minimum Gasteiger partial charge on any atom is -0.356 e.